The number of halogens is 5. The van der Waals surface area contributed by atoms with Crippen LogP contribution in [0.1, 0.15) is 147 Å². The molecular formula is C101H125Br2F3N26O13. The Balaban J connectivity index is 0.000000147. The monoisotopic (exact) mass is 2120 g/mol. The Morgan fingerprint density at radius 2 is 0.779 bits per heavy atom. The van der Waals surface area contributed by atoms with Crippen molar-refractivity contribution < 1.29 is 76.2 Å². The molecule has 3 saturated heterocycles. The van der Waals surface area contributed by atoms with E-state index in [1.165, 1.54) is 39.5 Å². The molecule has 19 rings (SSSR count). The number of methoxy groups -OCH3 is 6. The molecule has 145 heavy (non-hydrogen) atoms. The summed E-state index contributed by atoms with van der Waals surface area (Å²) in [5.74, 6) is 4.02. The summed E-state index contributed by atoms with van der Waals surface area (Å²) in [6.07, 6.45) is 6.19. The Bertz CT molecular complexity index is 7070. The Labute approximate surface area is 853 Å². The van der Waals surface area contributed by atoms with Gasteiger partial charge in [0.15, 0.2) is 69.1 Å². The lowest BCUT2D eigenvalue weighted by Gasteiger charge is -2.33. The molecule has 3 fully saturated rings. The number of aliphatic hydroxyl groups is 4. The summed E-state index contributed by atoms with van der Waals surface area (Å²) < 4.78 is 108. The molecule has 0 bridgehead atoms. The van der Waals surface area contributed by atoms with Gasteiger partial charge in [0.25, 0.3) is 0 Å². The molecule has 16 aromatic rings. The van der Waals surface area contributed by atoms with E-state index in [0.717, 1.165) is 100 Å². The second-order valence-corrected chi connectivity index (χ2v) is 40.1. The van der Waals surface area contributed by atoms with Crippen molar-refractivity contribution in [3.05, 3.63) is 216 Å². The maximum absolute atomic E-state index is 14.9. The summed E-state index contributed by atoms with van der Waals surface area (Å²) in [6, 6.07) is 26.5. The third kappa shape index (κ3) is 25.7. The normalized spacial score (nSPS) is 15.3. The number of hydrogen-bond acceptors (Lipinski definition) is 32. The Kier molecular flexibility index (Phi) is 32.8. The van der Waals surface area contributed by atoms with Gasteiger partial charge in [-0.3, -0.25) is 18.7 Å². The van der Waals surface area contributed by atoms with E-state index in [2.05, 4.69) is 88.4 Å². The predicted octanol–water partition coefficient (Wildman–Crippen LogP) is 14.9. The van der Waals surface area contributed by atoms with Crippen molar-refractivity contribution >= 4 is 111 Å². The predicted molar refractivity (Wildman–Crippen MR) is 551 cm³/mol. The Hall–Kier alpha value is -13.2. The number of hydrogen-bond donors (Lipinski definition) is 8. The van der Waals surface area contributed by atoms with Gasteiger partial charge in [0, 0.05) is 98.3 Å². The standard InChI is InChI=1S/2C31H37FN8O4.C23H25FN6O3.2C8H13BrN2O/c1-18-11-21(42-5)8-7-20(18)14-33-30-34-24-13-26(43-6)23(32)12-22(24)29-35-28(37-40(29)30)27-16-38(9-10-44-27)25-15-39(36-19(25)2)17-31(3,4)41;1-18-11-21(42-5)8-7-20(18)14-33-30-35-24-13-26(43-6)23(32)12-22(24)29-36-28(37-40(29)30)27-16-38(9-10-44-27)25-15-34-39(19(25)2)17-31(3,4)41;1-13-8-15(31-2)5-4-14(13)11-26-23-27-18-10-19(32-3)17(24)9-16(18)22-28-21(29-30(22)23)20-12-25-6-7-33-20;1-6-7(9)4-11(10-6)5-8(2,3)12;1-6-7(9)4-10-11(6)5-8(2,3)12/h7-8,11-13,15,27,41H,9-10,14,16-17H2,1-6H3,(H,33,34);7-8,11-13,15,27,41H,9-10,14,16-17H2,1-6H3,(H,33,35);4-5,8-10,20,25H,6-7,11-12H2,1-3H3,(H,26,27);2*4,12H,5H2,1-3H3/t2*27-;20-;;/m111../s1. The second kappa shape index (κ2) is 44.8. The van der Waals surface area contributed by atoms with Crippen LogP contribution in [-0.2, 0) is 60.0 Å². The van der Waals surface area contributed by atoms with Gasteiger partial charge in [-0.1, -0.05) is 18.2 Å². The number of ether oxygens (including phenoxy) is 9. The van der Waals surface area contributed by atoms with Crippen molar-refractivity contribution in [1.29, 1.82) is 0 Å². The molecular weight excluding hydrogens is 2000 g/mol. The lowest BCUT2D eigenvalue weighted by atomic mass is 10.1. The summed E-state index contributed by atoms with van der Waals surface area (Å²) in [4.78, 5) is 33.1. The lowest BCUT2D eigenvalue weighted by Crippen LogP contribution is -2.39. The van der Waals surface area contributed by atoms with Crippen LogP contribution in [0.15, 0.2) is 125 Å². The van der Waals surface area contributed by atoms with E-state index in [-0.39, 0.29) is 23.4 Å². The van der Waals surface area contributed by atoms with E-state index in [9.17, 15) is 33.6 Å². The van der Waals surface area contributed by atoms with E-state index in [4.69, 9.17) is 82.7 Å². The summed E-state index contributed by atoms with van der Waals surface area (Å²) in [5.41, 5.74) is 11.9. The number of fused-ring (bicyclic) bond motifs is 9. The number of nitrogens with one attached hydrogen (secondary N) is 4. The van der Waals surface area contributed by atoms with Gasteiger partial charge in [0.05, 0.1) is 190 Å². The SMILES string of the molecule is COc1ccc(CNc2nc3cc(OC)c(F)cc3c3nc([C@H]4CN(c5cn(CC(C)(C)O)nc5C)CCO4)nn23)c(C)c1.COc1ccc(CNc2nc3cc(OC)c(F)cc3c3nc([C@H]4CN(c5cnn(CC(C)(C)O)c5C)CCO4)nn23)c(C)c1.COc1ccc(CNc2nc3cc(OC)c(F)cc3c3nc([C@H]4CNCCO4)nn23)c(C)c1.Cc1c(Br)cnn1CC(C)(C)O.Cc1nn(CC(C)(C)O)cc1Br. The maximum atomic E-state index is 14.9. The smallest absolute Gasteiger partial charge is 0.226 e. The van der Waals surface area contributed by atoms with E-state index in [1.54, 1.807) is 129 Å². The molecule has 0 aliphatic carbocycles. The number of anilines is 5. The zero-order chi connectivity index (χ0) is 104. The minimum absolute atomic E-state index is 0.0952. The topological polar surface area (TPSA) is 419 Å². The number of rotatable bonds is 28. The molecule has 3 aliphatic rings. The molecule has 0 radical (unpaired) electrons. The molecule has 39 nitrogen and oxygen atoms in total. The van der Waals surface area contributed by atoms with Crippen LogP contribution in [0.25, 0.3) is 49.7 Å². The minimum atomic E-state index is -0.889. The second-order valence-electron chi connectivity index (χ2n) is 38.4. The molecule has 772 valence electrons. The third-order valence-corrected chi connectivity index (χ3v) is 25.9. The number of nitrogens with zero attached hydrogens (tertiary/aromatic N) is 22. The van der Waals surface area contributed by atoms with Crippen molar-refractivity contribution in [1.82, 2.24) is 103 Å². The van der Waals surface area contributed by atoms with E-state index in [1.807, 2.05) is 126 Å². The molecule has 0 amide bonds. The number of morpholine rings is 3. The fourth-order valence-corrected chi connectivity index (χ4v) is 17.5. The number of aryl methyl sites for hydroxylation is 5. The summed E-state index contributed by atoms with van der Waals surface area (Å²) in [7, 11) is 9.20. The minimum Gasteiger partial charge on any atom is -0.497 e. The first-order chi connectivity index (χ1) is 68.9. The molecule has 13 heterocycles. The van der Waals surface area contributed by atoms with Gasteiger partial charge in [0.2, 0.25) is 17.8 Å². The van der Waals surface area contributed by atoms with Gasteiger partial charge in [-0.05, 0) is 224 Å². The molecule has 6 aromatic carbocycles. The summed E-state index contributed by atoms with van der Waals surface area (Å²) >= 11 is 6.72. The van der Waals surface area contributed by atoms with Crippen LogP contribution in [0.4, 0.5) is 42.4 Å². The zero-order valence-electron chi connectivity index (χ0n) is 85.2. The van der Waals surface area contributed by atoms with Gasteiger partial charge in [-0.25, -0.2) is 43.1 Å². The number of benzene rings is 6. The van der Waals surface area contributed by atoms with Gasteiger partial charge in [-0.15, -0.1) is 15.3 Å². The number of aromatic nitrogens is 20. The molecule has 44 heteroatoms. The van der Waals surface area contributed by atoms with Crippen LogP contribution in [-0.4, -0.2) is 242 Å². The average Bonchev–Trinajstić information content (AvgIpc) is 1.63. The highest BCUT2D eigenvalue weighted by Gasteiger charge is 2.34. The van der Waals surface area contributed by atoms with Gasteiger partial charge >= 0.3 is 0 Å². The molecule has 0 spiro atoms. The highest BCUT2D eigenvalue weighted by molar-refractivity contribution is 9.10. The van der Waals surface area contributed by atoms with Crippen LogP contribution in [0.2, 0.25) is 0 Å². The zero-order valence-corrected chi connectivity index (χ0v) is 88.4. The van der Waals surface area contributed by atoms with Crippen molar-refractivity contribution in [2.45, 2.75) is 190 Å². The summed E-state index contributed by atoms with van der Waals surface area (Å²) in [6.45, 7) is 36.4. The first-order valence-electron chi connectivity index (χ1n) is 47.3. The van der Waals surface area contributed by atoms with E-state index < -0.39 is 52.1 Å². The van der Waals surface area contributed by atoms with Crippen LogP contribution >= 0.6 is 31.9 Å². The van der Waals surface area contributed by atoms with Gasteiger partial charge in [-0.2, -0.15) is 33.9 Å². The third-order valence-electron chi connectivity index (χ3n) is 24.3. The first-order valence-corrected chi connectivity index (χ1v) is 48.8. The summed E-state index contributed by atoms with van der Waals surface area (Å²) in [5, 5.41) is 86.3. The first kappa shape index (κ1) is 106. The molecule has 0 saturated carbocycles. The highest BCUT2D eigenvalue weighted by Crippen LogP contribution is 2.38. The molecule has 10 aromatic heterocycles. The van der Waals surface area contributed by atoms with Crippen LogP contribution in [0.5, 0.6) is 34.5 Å². The van der Waals surface area contributed by atoms with Gasteiger partial charge < -0.3 is 94.1 Å². The van der Waals surface area contributed by atoms with Crippen LogP contribution in [0.3, 0.4) is 0 Å². The van der Waals surface area contributed by atoms with Crippen molar-refractivity contribution in [2.75, 3.05) is 127 Å². The van der Waals surface area contributed by atoms with E-state index in [0.29, 0.717) is 183 Å². The Morgan fingerprint density at radius 1 is 0.414 bits per heavy atom. The molecule has 8 N–H and O–H groups in total. The van der Waals surface area contributed by atoms with Crippen LogP contribution in [0, 0.1) is 65.9 Å². The molecule has 3 atom stereocenters. The Morgan fingerprint density at radius 3 is 1.12 bits per heavy atom. The molecule has 3 aliphatic heterocycles. The quantitative estimate of drug-likeness (QED) is 0.0226. The highest BCUT2D eigenvalue weighted by atomic mass is 79.9. The van der Waals surface area contributed by atoms with Crippen molar-refractivity contribution in [2.24, 2.45) is 0 Å². The lowest BCUT2D eigenvalue weighted by molar-refractivity contribution is 0.0223. The van der Waals surface area contributed by atoms with E-state index >= 15 is 0 Å². The van der Waals surface area contributed by atoms with Gasteiger partial charge in [0.1, 0.15) is 35.6 Å². The molecule has 0 unspecified atom stereocenters. The average molecular weight is 2130 g/mol. The maximum Gasteiger partial charge on any atom is 0.226 e. The fraction of sp³-hybridized carbons (Fsp3) is 0.436. The van der Waals surface area contributed by atoms with Crippen molar-refractivity contribution in [3.63, 3.8) is 0 Å². The largest absolute Gasteiger partial charge is 0.497 e. The van der Waals surface area contributed by atoms with Crippen LogP contribution < -0.4 is 59.5 Å². The fourth-order valence-electron chi connectivity index (χ4n) is 16.9. The van der Waals surface area contributed by atoms with Crippen molar-refractivity contribution in [3.8, 4) is 34.5 Å².